The molecule has 118 valence electrons. The van der Waals surface area contributed by atoms with Gasteiger partial charge in [-0.3, -0.25) is 9.24 Å². The maximum absolute atomic E-state index is 12.9. The molecule has 1 atom stereocenters. The minimum atomic E-state index is -2.66. The number of aryl methyl sites for hydroxylation is 2. The maximum atomic E-state index is 12.9. The van der Waals surface area contributed by atoms with E-state index in [1.165, 1.54) is 16.9 Å². The second-order valence-corrected chi connectivity index (χ2v) is 10.1. The normalized spacial score (nSPS) is 14.9. The monoisotopic (exact) mass is 327 g/mol. The van der Waals surface area contributed by atoms with E-state index in [0.29, 0.717) is 0 Å². The average molecular weight is 327 g/mol. The first kappa shape index (κ1) is 18.3. The fraction of sp³-hybridized carbons (Fsp3) is 0.533. The first-order valence-electron chi connectivity index (χ1n) is 7.14. The number of nitrogens with zero attached hydrogens (tertiary/aromatic N) is 2. The van der Waals surface area contributed by atoms with E-state index in [1.807, 2.05) is 33.0 Å². The summed E-state index contributed by atoms with van der Waals surface area (Å²) in [5.41, 5.74) is 3.27. The van der Waals surface area contributed by atoms with E-state index >= 15 is 0 Å². The number of aliphatic imine (C=N–C) groups is 1. The van der Waals surface area contributed by atoms with Crippen LogP contribution in [0.5, 0.6) is 0 Å². The summed E-state index contributed by atoms with van der Waals surface area (Å²) < 4.78 is 14.7. The van der Waals surface area contributed by atoms with Crippen molar-refractivity contribution in [1.29, 1.82) is 0 Å². The van der Waals surface area contributed by atoms with Crippen molar-refractivity contribution in [2.75, 3.05) is 19.8 Å². The van der Waals surface area contributed by atoms with Crippen LogP contribution in [0.2, 0.25) is 0 Å². The van der Waals surface area contributed by atoms with Gasteiger partial charge in [-0.1, -0.05) is 36.0 Å². The molecule has 1 N–H and O–H groups in total. The van der Waals surface area contributed by atoms with E-state index in [-0.39, 0.29) is 0 Å². The zero-order valence-electron chi connectivity index (χ0n) is 13.8. The van der Waals surface area contributed by atoms with Crippen LogP contribution < -0.4 is 5.09 Å². The highest BCUT2D eigenvalue weighted by Gasteiger charge is 2.27. The molecule has 0 amide bonds. The molecule has 1 unspecified atom stereocenters. The van der Waals surface area contributed by atoms with Crippen LogP contribution in [0.3, 0.4) is 0 Å². The Morgan fingerprint density at radius 2 is 2.10 bits per heavy atom. The van der Waals surface area contributed by atoms with Gasteiger partial charge in [-0.15, -0.1) is 0 Å². The SMILES string of the molecule is CCCSP(=O)(NC)N(C)C(C)=Nc1ccc(C)cc1C. The number of amidine groups is 1. The van der Waals surface area contributed by atoms with E-state index in [1.54, 1.807) is 11.7 Å². The molecule has 0 aliphatic carbocycles. The minimum Gasteiger partial charge on any atom is -0.294 e. The molecular weight excluding hydrogens is 301 g/mol. The molecule has 1 rings (SSSR count). The van der Waals surface area contributed by atoms with Gasteiger partial charge in [0.15, 0.2) is 0 Å². The van der Waals surface area contributed by atoms with Gasteiger partial charge in [0.05, 0.1) is 5.69 Å². The lowest BCUT2D eigenvalue weighted by Gasteiger charge is -2.28. The number of hydrogen-bond donors (Lipinski definition) is 1. The Balaban J connectivity index is 3.01. The van der Waals surface area contributed by atoms with Crippen molar-refractivity contribution in [1.82, 2.24) is 9.76 Å². The lowest BCUT2D eigenvalue weighted by atomic mass is 10.1. The van der Waals surface area contributed by atoms with Gasteiger partial charge < -0.3 is 0 Å². The van der Waals surface area contributed by atoms with E-state index in [4.69, 9.17) is 0 Å². The van der Waals surface area contributed by atoms with Crippen molar-refractivity contribution in [3.63, 3.8) is 0 Å². The Morgan fingerprint density at radius 3 is 2.62 bits per heavy atom. The van der Waals surface area contributed by atoms with Gasteiger partial charge in [-0.05, 0) is 45.9 Å². The summed E-state index contributed by atoms with van der Waals surface area (Å²) in [4.78, 5) is 4.64. The fourth-order valence-electron chi connectivity index (χ4n) is 1.88. The summed E-state index contributed by atoms with van der Waals surface area (Å²) in [5, 5.41) is 2.97. The average Bonchev–Trinajstić information content (AvgIpc) is 2.46. The zero-order chi connectivity index (χ0) is 16.0. The van der Waals surface area contributed by atoms with Gasteiger partial charge in [-0.2, -0.15) is 0 Å². The van der Waals surface area contributed by atoms with Crippen molar-refractivity contribution in [3.8, 4) is 0 Å². The molecule has 0 radical (unpaired) electrons. The molecule has 0 heterocycles. The highest BCUT2D eigenvalue weighted by Crippen LogP contribution is 2.57. The summed E-state index contributed by atoms with van der Waals surface area (Å²) >= 11 is 1.47. The highest BCUT2D eigenvalue weighted by atomic mass is 32.7. The van der Waals surface area contributed by atoms with Crippen LogP contribution in [0.1, 0.15) is 31.4 Å². The first-order chi connectivity index (χ1) is 9.84. The van der Waals surface area contributed by atoms with Crippen LogP contribution in [0.4, 0.5) is 5.69 Å². The molecule has 1 aromatic rings. The van der Waals surface area contributed by atoms with Crippen LogP contribution in [-0.2, 0) is 4.57 Å². The molecule has 0 fully saturated rings. The molecule has 6 heteroatoms. The smallest absolute Gasteiger partial charge is 0.293 e. The van der Waals surface area contributed by atoms with Gasteiger partial charge >= 0.3 is 0 Å². The van der Waals surface area contributed by atoms with Crippen molar-refractivity contribution >= 4 is 29.5 Å². The van der Waals surface area contributed by atoms with Crippen molar-refractivity contribution in [3.05, 3.63) is 29.3 Å². The Hall–Kier alpha value is -0.770. The quantitative estimate of drug-likeness (QED) is 0.465. The number of rotatable bonds is 6. The topological polar surface area (TPSA) is 44.7 Å². The van der Waals surface area contributed by atoms with E-state index in [2.05, 4.69) is 30.0 Å². The van der Waals surface area contributed by atoms with Gasteiger partial charge in [0.1, 0.15) is 5.84 Å². The standard InChI is InChI=1S/C15H26N3OPS/c1-7-10-21-20(19,16-5)18(6)14(4)17-15-9-8-12(2)11-13(15)3/h8-9,11H,7,10H2,1-6H3,(H,16,19). The predicted octanol–water partition coefficient (Wildman–Crippen LogP) is 4.76. The lowest BCUT2D eigenvalue weighted by molar-refractivity contribution is 0.548. The molecule has 0 saturated carbocycles. The third kappa shape index (κ3) is 4.87. The lowest BCUT2D eigenvalue weighted by Crippen LogP contribution is -2.25. The third-order valence-corrected chi connectivity index (χ3v) is 8.72. The summed E-state index contributed by atoms with van der Waals surface area (Å²) in [6.45, 7) is 5.44. The third-order valence-electron chi connectivity index (χ3n) is 3.25. The van der Waals surface area contributed by atoms with Crippen LogP contribution >= 0.6 is 18.0 Å². The molecule has 21 heavy (non-hydrogen) atoms. The second kappa shape index (κ2) is 8.02. The van der Waals surface area contributed by atoms with Crippen LogP contribution in [0, 0.1) is 13.8 Å². The van der Waals surface area contributed by atoms with E-state index < -0.39 is 6.65 Å². The maximum Gasteiger partial charge on any atom is 0.293 e. The summed E-state index contributed by atoms with van der Waals surface area (Å²) in [6.07, 6.45) is 0.997. The van der Waals surface area contributed by atoms with Crippen molar-refractivity contribution < 1.29 is 4.57 Å². The second-order valence-electron chi connectivity index (χ2n) is 5.05. The molecule has 0 aliphatic rings. The molecule has 1 aromatic carbocycles. The Bertz CT molecular complexity index is 560. The summed E-state index contributed by atoms with van der Waals surface area (Å²) in [5.74, 6) is 1.61. The number of hydrogen-bond acceptors (Lipinski definition) is 3. The fourth-order valence-corrected chi connectivity index (χ4v) is 5.89. The van der Waals surface area contributed by atoms with Gasteiger partial charge in [0, 0.05) is 12.8 Å². The summed E-state index contributed by atoms with van der Waals surface area (Å²) in [7, 11) is 3.58. The largest absolute Gasteiger partial charge is 0.294 e. The molecule has 0 aromatic heterocycles. The minimum absolute atomic E-state index is 0.753. The zero-order valence-corrected chi connectivity index (χ0v) is 15.5. The Morgan fingerprint density at radius 1 is 1.43 bits per heavy atom. The molecule has 0 bridgehead atoms. The van der Waals surface area contributed by atoms with E-state index in [0.717, 1.165) is 29.3 Å². The van der Waals surface area contributed by atoms with Crippen LogP contribution in [-0.4, -0.2) is 30.4 Å². The molecular formula is C15H26N3OPS. The Kier molecular flexibility index (Phi) is 6.98. The predicted molar refractivity (Wildman–Crippen MR) is 95.9 cm³/mol. The van der Waals surface area contributed by atoms with Gasteiger partial charge in [0.2, 0.25) is 0 Å². The molecule has 4 nitrogen and oxygen atoms in total. The van der Waals surface area contributed by atoms with Crippen molar-refractivity contribution in [2.45, 2.75) is 34.1 Å². The molecule has 0 aliphatic heterocycles. The van der Waals surface area contributed by atoms with E-state index in [9.17, 15) is 4.57 Å². The molecule has 0 spiro atoms. The van der Waals surface area contributed by atoms with Crippen molar-refractivity contribution in [2.24, 2.45) is 4.99 Å². The molecule has 0 saturated heterocycles. The first-order valence-corrected chi connectivity index (χ1v) is 10.4. The summed E-state index contributed by atoms with van der Waals surface area (Å²) in [6, 6.07) is 6.16. The number of benzene rings is 1. The number of nitrogens with one attached hydrogen (secondary N) is 1. The Labute approximate surface area is 132 Å². The highest BCUT2D eigenvalue weighted by molar-refractivity contribution is 8.56. The van der Waals surface area contributed by atoms with Gasteiger partial charge in [-0.25, -0.2) is 10.1 Å². The van der Waals surface area contributed by atoms with Crippen LogP contribution in [0.15, 0.2) is 23.2 Å². The van der Waals surface area contributed by atoms with Gasteiger partial charge in [0.25, 0.3) is 6.65 Å². The van der Waals surface area contributed by atoms with Crippen LogP contribution in [0.25, 0.3) is 0 Å².